The molecule has 0 saturated heterocycles. The average molecular weight is 266 g/mol. The maximum absolute atomic E-state index is 5.24. The molecule has 19 heavy (non-hydrogen) atoms. The Hall–Kier alpha value is -1.36. The minimum Gasteiger partial charge on any atom is -0.383 e. The quantitative estimate of drug-likeness (QED) is 0.757. The van der Waals surface area contributed by atoms with Gasteiger partial charge in [-0.05, 0) is 6.42 Å². The van der Waals surface area contributed by atoms with E-state index in [1.54, 1.807) is 7.11 Å². The van der Waals surface area contributed by atoms with E-state index in [-0.39, 0.29) is 6.04 Å². The van der Waals surface area contributed by atoms with Gasteiger partial charge in [0.15, 0.2) is 0 Å². The van der Waals surface area contributed by atoms with Crippen molar-refractivity contribution >= 4 is 11.6 Å². The smallest absolute Gasteiger partial charge is 0.135 e. The molecule has 0 aliphatic rings. The normalized spacial score (nSPS) is 12.5. The van der Waals surface area contributed by atoms with Crippen LogP contribution in [0.4, 0.5) is 11.6 Å². The van der Waals surface area contributed by atoms with E-state index in [1.807, 2.05) is 13.1 Å². The molecule has 1 heterocycles. The van der Waals surface area contributed by atoms with Gasteiger partial charge in [0, 0.05) is 26.1 Å². The molecule has 0 fully saturated rings. The Morgan fingerprint density at radius 3 is 2.47 bits per heavy atom. The molecule has 108 valence electrons. The van der Waals surface area contributed by atoms with Crippen molar-refractivity contribution in [3.8, 4) is 0 Å². The first kappa shape index (κ1) is 15.7. The van der Waals surface area contributed by atoms with E-state index in [4.69, 9.17) is 4.74 Å². The van der Waals surface area contributed by atoms with Crippen LogP contribution in [-0.4, -0.2) is 36.8 Å². The lowest BCUT2D eigenvalue weighted by atomic mass is 10.2. The van der Waals surface area contributed by atoms with Crippen LogP contribution >= 0.6 is 0 Å². The van der Waals surface area contributed by atoms with Crippen LogP contribution in [-0.2, 0) is 4.74 Å². The number of methoxy groups -OCH3 is 1. The van der Waals surface area contributed by atoms with Gasteiger partial charge >= 0.3 is 0 Å². The minimum absolute atomic E-state index is 0.287. The molecule has 1 atom stereocenters. The molecule has 1 aromatic rings. The Morgan fingerprint density at radius 1 is 1.26 bits per heavy atom. The second-order valence-electron chi connectivity index (χ2n) is 4.99. The third-order valence-electron chi connectivity index (χ3n) is 2.87. The fourth-order valence-corrected chi connectivity index (χ4v) is 1.88. The van der Waals surface area contributed by atoms with Crippen molar-refractivity contribution in [2.24, 2.45) is 0 Å². The maximum Gasteiger partial charge on any atom is 0.135 e. The fraction of sp³-hybridized carbons (Fsp3) is 0.714. The molecule has 0 saturated carbocycles. The second-order valence-corrected chi connectivity index (χ2v) is 4.99. The van der Waals surface area contributed by atoms with Crippen molar-refractivity contribution in [2.75, 3.05) is 31.4 Å². The highest BCUT2D eigenvalue weighted by molar-refractivity contribution is 5.48. The number of rotatable bonds is 8. The first-order valence-corrected chi connectivity index (χ1v) is 6.92. The summed E-state index contributed by atoms with van der Waals surface area (Å²) in [7, 11) is 3.60. The van der Waals surface area contributed by atoms with E-state index in [0.29, 0.717) is 12.5 Å². The van der Waals surface area contributed by atoms with Gasteiger partial charge in [0.2, 0.25) is 0 Å². The summed E-state index contributed by atoms with van der Waals surface area (Å²) in [6.07, 6.45) is 2.17. The summed E-state index contributed by atoms with van der Waals surface area (Å²) in [6.45, 7) is 7.04. The minimum atomic E-state index is 0.287. The van der Waals surface area contributed by atoms with Gasteiger partial charge < -0.3 is 15.4 Å². The van der Waals surface area contributed by atoms with E-state index < -0.39 is 0 Å². The van der Waals surface area contributed by atoms with Gasteiger partial charge in [-0.25, -0.2) is 9.97 Å². The number of hydrogen-bond acceptors (Lipinski definition) is 5. The molecule has 1 rings (SSSR count). The highest BCUT2D eigenvalue weighted by Crippen LogP contribution is 2.18. The van der Waals surface area contributed by atoms with E-state index in [2.05, 4.69) is 41.4 Å². The van der Waals surface area contributed by atoms with E-state index in [0.717, 1.165) is 30.3 Å². The molecule has 0 aromatic carbocycles. The Morgan fingerprint density at radius 2 is 1.95 bits per heavy atom. The van der Waals surface area contributed by atoms with Gasteiger partial charge in [-0.1, -0.05) is 27.2 Å². The lowest BCUT2D eigenvalue weighted by molar-refractivity contribution is 0.182. The van der Waals surface area contributed by atoms with Crippen LogP contribution in [0.25, 0.3) is 0 Å². The molecule has 1 aromatic heterocycles. The SMILES string of the molecule is CCCC(COC)Nc1cc(NC)nc(C(C)C)n1. The lowest BCUT2D eigenvalue weighted by Gasteiger charge is -2.19. The number of aromatic nitrogens is 2. The molecule has 5 nitrogen and oxygen atoms in total. The van der Waals surface area contributed by atoms with Crippen molar-refractivity contribution in [3.63, 3.8) is 0 Å². The summed E-state index contributed by atoms with van der Waals surface area (Å²) < 4.78 is 5.24. The highest BCUT2D eigenvalue weighted by Gasteiger charge is 2.11. The number of anilines is 2. The molecule has 0 radical (unpaired) electrons. The number of nitrogens with one attached hydrogen (secondary N) is 2. The van der Waals surface area contributed by atoms with Crippen LogP contribution < -0.4 is 10.6 Å². The predicted molar refractivity (Wildman–Crippen MR) is 79.9 cm³/mol. The summed E-state index contributed by atoms with van der Waals surface area (Å²) in [4.78, 5) is 9.02. The largest absolute Gasteiger partial charge is 0.383 e. The number of nitrogens with zero attached hydrogens (tertiary/aromatic N) is 2. The predicted octanol–water partition coefficient (Wildman–Crippen LogP) is 2.87. The third kappa shape index (κ3) is 5.03. The van der Waals surface area contributed by atoms with Crippen molar-refractivity contribution < 1.29 is 4.74 Å². The van der Waals surface area contributed by atoms with Crippen LogP contribution in [0.15, 0.2) is 6.07 Å². The van der Waals surface area contributed by atoms with Crippen LogP contribution in [0.5, 0.6) is 0 Å². The molecule has 1 unspecified atom stereocenters. The third-order valence-corrected chi connectivity index (χ3v) is 2.87. The zero-order valence-electron chi connectivity index (χ0n) is 12.7. The molecular weight excluding hydrogens is 240 g/mol. The second kappa shape index (κ2) is 7.94. The summed E-state index contributed by atoms with van der Waals surface area (Å²) in [5, 5.41) is 6.51. The van der Waals surface area contributed by atoms with Gasteiger partial charge in [-0.2, -0.15) is 0 Å². The van der Waals surface area contributed by atoms with Crippen molar-refractivity contribution in [1.29, 1.82) is 0 Å². The Bertz CT molecular complexity index is 376. The van der Waals surface area contributed by atoms with Gasteiger partial charge in [-0.3, -0.25) is 0 Å². The molecule has 0 bridgehead atoms. The van der Waals surface area contributed by atoms with E-state index in [9.17, 15) is 0 Å². The Kier molecular flexibility index (Phi) is 6.56. The van der Waals surface area contributed by atoms with Crippen molar-refractivity contribution in [2.45, 2.75) is 45.6 Å². The van der Waals surface area contributed by atoms with Crippen LogP contribution in [0.3, 0.4) is 0 Å². The molecule has 5 heteroatoms. The lowest BCUT2D eigenvalue weighted by Crippen LogP contribution is -2.25. The highest BCUT2D eigenvalue weighted by atomic mass is 16.5. The standard InChI is InChI=1S/C14H26N4O/c1-6-7-11(9-19-5)16-13-8-12(15-4)17-14(18-13)10(2)3/h8,10-11H,6-7,9H2,1-5H3,(H2,15,16,17,18). The Labute approximate surface area is 116 Å². The number of ether oxygens (including phenoxy) is 1. The molecular formula is C14H26N4O. The number of hydrogen-bond donors (Lipinski definition) is 2. The fourth-order valence-electron chi connectivity index (χ4n) is 1.88. The first-order valence-electron chi connectivity index (χ1n) is 6.92. The monoisotopic (exact) mass is 266 g/mol. The molecule has 0 amide bonds. The zero-order valence-corrected chi connectivity index (χ0v) is 12.7. The van der Waals surface area contributed by atoms with Gasteiger partial charge in [-0.15, -0.1) is 0 Å². The summed E-state index contributed by atoms with van der Waals surface area (Å²) in [5.41, 5.74) is 0. The van der Waals surface area contributed by atoms with E-state index >= 15 is 0 Å². The van der Waals surface area contributed by atoms with Crippen LogP contribution in [0, 0.1) is 0 Å². The summed E-state index contributed by atoms with van der Waals surface area (Å²) >= 11 is 0. The van der Waals surface area contributed by atoms with Crippen molar-refractivity contribution in [3.05, 3.63) is 11.9 Å². The maximum atomic E-state index is 5.24. The van der Waals surface area contributed by atoms with Gasteiger partial charge in [0.1, 0.15) is 17.5 Å². The average Bonchev–Trinajstić information content (AvgIpc) is 2.38. The zero-order chi connectivity index (χ0) is 14.3. The van der Waals surface area contributed by atoms with Crippen molar-refractivity contribution in [1.82, 2.24) is 9.97 Å². The Balaban J connectivity index is 2.88. The van der Waals surface area contributed by atoms with Gasteiger partial charge in [0.25, 0.3) is 0 Å². The molecule has 2 N–H and O–H groups in total. The molecule has 0 aliphatic carbocycles. The summed E-state index contributed by atoms with van der Waals surface area (Å²) in [6, 6.07) is 2.22. The molecule has 0 spiro atoms. The van der Waals surface area contributed by atoms with E-state index in [1.165, 1.54) is 0 Å². The molecule has 0 aliphatic heterocycles. The van der Waals surface area contributed by atoms with Crippen LogP contribution in [0.1, 0.15) is 45.4 Å². The van der Waals surface area contributed by atoms with Gasteiger partial charge in [0.05, 0.1) is 12.6 Å². The van der Waals surface area contributed by atoms with Crippen LogP contribution in [0.2, 0.25) is 0 Å². The first-order chi connectivity index (χ1) is 9.10. The topological polar surface area (TPSA) is 59.1 Å². The summed E-state index contributed by atoms with van der Waals surface area (Å²) in [5.74, 6) is 2.86.